The first kappa shape index (κ1) is 8.46. The quantitative estimate of drug-likeness (QED) is 0.668. The van der Waals surface area contributed by atoms with E-state index in [0.29, 0.717) is 12.8 Å². The van der Waals surface area contributed by atoms with Crippen LogP contribution in [0, 0.1) is 5.92 Å². The van der Waals surface area contributed by atoms with Gasteiger partial charge in [0.25, 0.3) is 0 Å². The number of carboxylic acids is 1. The van der Waals surface area contributed by atoms with Gasteiger partial charge in [0.2, 0.25) is 0 Å². The predicted octanol–water partition coefficient (Wildman–Crippen LogP) is 0.836. The van der Waals surface area contributed by atoms with Crippen molar-refractivity contribution in [3.8, 4) is 0 Å². The first-order chi connectivity index (χ1) is 5.14. The van der Waals surface area contributed by atoms with Crippen LogP contribution in [-0.4, -0.2) is 30.5 Å². The summed E-state index contributed by atoms with van der Waals surface area (Å²) in [5.74, 6) is -1.10. The second-order valence-corrected chi connectivity index (χ2v) is 2.93. The molecule has 3 nitrogen and oxygen atoms in total. The fraction of sp³-hybridized carbons (Fsp3) is 0.857. The highest BCUT2D eigenvalue weighted by Crippen LogP contribution is 2.40. The van der Waals surface area contributed by atoms with Crippen LogP contribution in [0.4, 0.5) is 4.39 Å². The third-order valence-corrected chi connectivity index (χ3v) is 2.24. The van der Waals surface area contributed by atoms with E-state index in [9.17, 15) is 9.18 Å². The van der Waals surface area contributed by atoms with Crippen LogP contribution < -0.4 is 0 Å². The summed E-state index contributed by atoms with van der Waals surface area (Å²) < 4.78 is 16.7. The maximum Gasteiger partial charge on any atom is 0.335 e. The summed E-state index contributed by atoms with van der Waals surface area (Å²) in [6.07, 6.45) is 0.602. The molecule has 0 bridgehead atoms. The molecule has 0 amide bonds. The van der Waals surface area contributed by atoms with Gasteiger partial charge in [0.1, 0.15) is 0 Å². The molecule has 1 rings (SSSR count). The standard InChI is InChI=1S/C7H11FO3/c1-11-7(6(9)10)2-5(3-7)4-8/h5H,2-4H2,1H3,(H,9,10). The maximum atomic E-state index is 11.9. The van der Waals surface area contributed by atoms with Crippen molar-refractivity contribution in [2.24, 2.45) is 5.92 Å². The molecule has 0 atom stereocenters. The third kappa shape index (κ3) is 1.22. The lowest BCUT2D eigenvalue weighted by Crippen LogP contribution is -2.52. The van der Waals surface area contributed by atoms with Gasteiger partial charge in [0.05, 0.1) is 6.67 Å². The van der Waals surface area contributed by atoms with Crippen molar-refractivity contribution in [3.63, 3.8) is 0 Å². The van der Waals surface area contributed by atoms with Gasteiger partial charge in [-0.05, 0) is 18.8 Å². The normalized spacial score (nSPS) is 36.4. The van der Waals surface area contributed by atoms with E-state index >= 15 is 0 Å². The Bertz CT molecular complexity index is 163. The van der Waals surface area contributed by atoms with E-state index in [0.717, 1.165) is 0 Å². The fourth-order valence-electron chi connectivity index (χ4n) is 1.41. The molecule has 0 aromatic rings. The van der Waals surface area contributed by atoms with E-state index in [4.69, 9.17) is 9.84 Å². The number of carboxylic acid groups (broad SMARTS) is 1. The minimum Gasteiger partial charge on any atom is -0.479 e. The molecule has 1 N–H and O–H groups in total. The molecule has 0 unspecified atom stereocenters. The second kappa shape index (κ2) is 2.77. The number of carbonyl (C=O) groups is 1. The predicted molar refractivity (Wildman–Crippen MR) is 36.1 cm³/mol. The van der Waals surface area contributed by atoms with E-state index in [2.05, 4.69) is 0 Å². The Morgan fingerprint density at radius 2 is 2.36 bits per heavy atom. The lowest BCUT2D eigenvalue weighted by atomic mass is 9.71. The number of hydrogen-bond donors (Lipinski definition) is 1. The Kier molecular flexibility index (Phi) is 2.13. The molecule has 0 heterocycles. The van der Waals surface area contributed by atoms with Crippen LogP contribution in [0.1, 0.15) is 12.8 Å². The van der Waals surface area contributed by atoms with Gasteiger partial charge in [-0.1, -0.05) is 0 Å². The smallest absolute Gasteiger partial charge is 0.335 e. The van der Waals surface area contributed by atoms with Crippen LogP contribution in [-0.2, 0) is 9.53 Å². The van der Waals surface area contributed by atoms with Crippen molar-refractivity contribution in [2.45, 2.75) is 18.4 Å². The zero-order valence-electron chi connectivity index (χ0n) is 6.34. The van der Waals surface area contributed by atoms with Crippen LogP contribution in [0.15, 0.2) is 0 Å². The summed E-state index contributed by atoms with van der Waals surface area (Å²) in [4.78, 5) is 10.5. The Labute approximate surface area is 64.2 Å². The molecule has 4 heteroatoms. The van der Waals surface area contributed by atoms with Crippen molar-refractivity contribution in [3.05, 3.63) is 0 Å². The van der Waals surface area contributed by atoms with Crippen molar-refractivity contribution in [2.75, 3.05) is 13.8 Å². The highest BCUT2D eigenvalue weighted by atomic mass is 19.1. The van der Waals surface area contributed by atoms with E-state index in [-0.39, 0.29) is 5.92 Å². The van der Waals surface area contributed by atoms with Gasteiger partial charge in [-0.3, -0.25) is 4.39 Å². The summed E-state index contributed by atoms with van der Waals surface area (Å²) >= 11 is 0. The van der Waals surface area contributed by atoms with Gasteiger partial charge >= 0.3 is 5.97 Å². The zero-order chi connectivity index (χ0) is 8.48. The van der Waals surface area contributed by atoms with E-state index < -0.39 is 18.2 Å². The molecule has 0 radical (unpaired) electrons. The summed E-state index contributed by atoms with van der Waals surface area (Å²) in [5, 5.41) is 8.65. The van der Waals surface area contributed by atoms with E-state index in [1.54, 1.807) is 0 Å². The van der Waals surface area contributed by atoms with Gasteiger partial charge in [0.15, 0.2) is 5.60 Å². The van der Waals surface area contributed by atoms with Gasteiger partial charge in [-0.15, -0.1) is 0 Å². The number of halogens is 1. The summed E-state index contributed by atoms with van der Waals surface area (Å²) in [6.45, 7) is -0.446. The zero-order valence-corrected chi connectivity index (χ0v) is 6.34. The lowest BCUT2D eigenvalue weighted by Gasteiger charge is -2.41. The van der Waals surface area contributed by atoms with Crippen molar-refractivity contribution in [1.82, 2.24) is 0 Å². The van der Waals surface area contributed by atoms with Crippen LogP contribution in [0.3, 0.4) is 0 Å². The summed E-state index contributed by atoms with van der Waals surface area (Å²) in [7, 11) is 1.35. The van der Waals surface area contributed by atoms with Crippen LogP contribution >= 0.6 is 0 Å². The number of aliphatic carboxylic acids is 1. The Hall–Kier alpha value is -0.640. The fourth-order valence-corrected chi connectivity index (χ4v) is 1.41. The first-order valence-corrected chi connectivity index (χ1v) is 3.49. The molecular weight excluding hydrogens is 151 g/mol. The first-order valence-electron chi connectivity index (χ1n) is 3.49. The Balaban J connectivity index is 2.50. The monoisotopic (exact) mass is 162 g/mol. The number of alkyl halides is 1. The topological polar surface area (TPSA) is 46.5 Å². The Morgan fingerprint density at radius 3 is 2.64 bits per heavy atom. The molecule has 1 aliphatic rings. The highest BCUT2D eigenvalue weighted by Gasteiger charge is 2.50. The average molecular weight is 162 g/mol. The number of rotatable bonds is 3. The van der Waals surface area contributed by atoms with Crippen LogP contribution in [0.2, 0.25) is 0 Å². The molecule has 1 fully saturated rings. The van der Waals surface area contributed by atoms with Crippen molar-refractivity contribution in [1.29, 1.82) is 0 Å². The molecular formula is C7H11FO3. The maximum absolute atomic E-state index is 11.9. The van der Waals surface area contributed by atoms with Crippen LogP contribution in [0.25, 0.3) is 0 Å². The van der Waals surface area contributed by atoms with Gasteiger partial charge in [0, 0.05) is 7.11 Å². The average Bonchev–Trinajstić information content (AvgIpc) is 1.86. The summed E-state index contributed by atoms with van der Waals surface area (Å²) in [6, 6.07) is 0. The minimum atomic E-state index is -1.09. The highest BCUT2D eigenvalue weighted by molar-refractivity contribution is 5.78. The minimum absolute atomic E-state index is 0.119. The molecule has 0 aliphatic heterocycles. The Morgan fingerprint density at radius 1 is 1.82 bits per heavy atom. The lowest BCUT2D eigenvalue weighted by molar-refractivity contribution is -0.181. The van der Waals surface area contributed by atoms with E-state index in [1.807, 2.05) is 0 Å². The molecule has 0 aromatic carbocycles. The molecule has 1 aliphatic carbocycles. The number of hydrogen-bond acceptors (Lipinski definition) is 2. The number of methoxy groups -OCH3 is 1. The third-order valence-electron chi connectivity index (χ3n) is 2.24. The summed E-state index contributed by atoms with van der Waals surface area (Å²) in [5.41, 5.74) is -1.09. The van der Waals surface area contributed by atoms with Crippen LogP contribution in [0.5, 0.6) is 0 Å². The van der Waals surface area contributed by atoms with Gasteiger partial charge in [-0.2, -0.15) is 0 Å². The SMILES string of the molecule is COC1(C(=O)O)CC(CF)C1. The molecule has 64 valence electrons. The molecule has 1 saturated carbocycles. The molecule has 0 aromatic heterocycles. The van der Waals surface area contributed by atoms with Gasteiger partial charge in [-0.25, -0.2) is 4.79 Å². The van der Waals surface area contributed by atoms with E-state index in [1.165, 1.54) is 7.11 Å². The molecule has 11 heavy (non-hydrogen) atoms. The molecule has 0 saturated heterocycles. The second-order valence-electron chi connectivity index (χ2n) is 2.93. The largest absolute Gasteiger partial charge is 0.479 e. The van der Waals surface area contributed by atoms with Crippen molar-refractivity contribution < 1.29 is 19.0 Å². The molecule has 0 spiro atoms. The van der Waals surface area contributed by atoms with Crippen molar-refractivity contribution >= 4 is 5.97 Å². The van der Waals surface area contributed by atoms with Gasteiger partial charge < -0.3 is 9.84 Å². The number of ether oxygens (including phenoxy) is 1.